The van der Waals surface area contributed by atoms with Gasteiger partial charge in [0.25, 0.3) is 0 Å². The second kappa shape index (κ2) is 5.45. The van der Waals surface area contributed by atoms with E-state index in [4.69, 9.17) is 11.0 Å². The number of aryl methyl sites for hydroxylation is 1. The minimum atomic E-state index is 0.107. The number of nitrogen functional groups attached to an aromatic ring is 1. The summed E-state index contributed by atoms with van der Waals surface area (Å²) in [6.07, 6.45) is 9.64. The van der Waals surface area contributed by atoms with Gasteiger partial charge in [-0.25, -0.2) is 0 Å². The Bertz CT molecular complexity index is 695. The molecule has 2 N–H and O–H groups in total. The molecule has 0 unspecified atom stereocenters. The van der Waals surface area contributed by atoms with Gasteiger partial charge in [0.15, 0.2) is 0 Å². The van der Waals surface area contributed by atoms with Gasteiger partial charge in [-0.3, -0.25) is 4.79 Å². The molecule has 0 radical (unpaired) electrons. The van der Waals surface area contributed by atoms with Crippen molar-refractivity contribution >= 4 is 17.3 Å². The second-order valence-corrected chi connectivity index (χ2v) is 5.42. The van der Waals surface area contributed by atoms with Crippen LogP contribution in [0.4, 0.5) is 11.4 Å². The number of allylic oxidation sites excluding steroid dienone is 2. The molecule has 1 heterocycles. The molecule has 1 aliphatic carbocycles. The van der Waals surface area contributed by atoms with E-state index in [-0.39, 0.29) is 5.91 Å². The fraction of sp³-hybridized carbons (Fsp3) is 0.294. The lowest BCUT2D eigenvalue weighted by Gasteiger charge is -2.30. The Morgan fingerprint density at radius 2 is 2.14 bits per heavy atom. The highest BCUT2D eigenvalue weighted by molar-refractivity contribution is 5.97. The summed E-state index contributed by atoms with van der Waals surface area (Å²) in [5.74, 6) is 0.107. The number of amides is 1. The molecule has 0 saturated carbocycles. The fourth-order valence-corrected chi connectivity index (χ4v) is 2.85. The molecule has 21 heavy (non-hydrogen) atoms. The molecule has 2 aliphatic rings. The maximum atomic E-state index is 12.3. The van der Waals surface area contributed by atoms with Crippen molar-refractivity contribution in [2.24, 2.45) is 0 Å². The summed E-state index contributed by atoms with van der Waals surface area (Å²) in [7, 11) is 0. The number of hydrogen-bond acceptors (Lipinski definition) is 3. The molecule has 0 bridgehead atoms. The summed E-state index contributed by atoms with van der Waals surface area (Å²) in [6.45, 7) is 0.567. The first-order chi connectivity index (χ1) is 10.2. The van der Waals surface area contributed by atoms with E-state index in [2.05, 4.69) is 24.3 Å². The van der Waals surface area contributed by atoms with E-state index in [0.29, 0.717) is 30.6 Å². The molecule has 1 aromatic rings. The number of anilines is 2. The largest absolute Gasteiger partial charge is 0.398 e. The Kier molecular flexibility index (Phi) is 3.49. The van der Waals surface area contributed by atoms with Crippen LogP contribution < -0.4 is 10.6 Å². The first kappa shape index (κ1) is 13.4. The molecule has 3 rings (SSSR count). The third kappa shape index (κ3) is 2.55. The lowest BCUT2D eigenvalue weighted by Crippen LogP contribution is -2.36. The van der Waals surface area contributed by atoms with Crippen LogP contribution in [0, 0.1) is 11.3 Å². The number of carbonyl (C=O) groups is 1. The quantitative estimate of drug-likeness (QED) is 0.846. The predicted molar refractivity (Wildman–Crippen MR) is 82.7 cm³/mol. The van der Waals surface area contributed by atoms with Crippen molar-refractivity contribution < 1.29 is 4.79 Å². The maximum absolute atomic E-state index is 12.3. The first-order valence-corrected chi connectivity index (χ1v) is 7.17. The van der Waals surface area contributed by atoms with Gasteiger partial charge in [-0.2, -0.15) is 5.26 Å². The van der Waals surface area contributed by atoms with Crippen LogP contribution in [0.3, 0.4) is 0 Å². The van der Waals surface area contributed by atoms with Gasteiger partial charge in [-0.05, 0) is 42.5 Å². The molecule has 1 amide bonds. The van der Waals surface area contributed by atoms with Crippen LogP contribution in [-0.2, 0) is 11.2 Å². The summed E-state index contributed by atoms with van der Waals surface area (Å²) in [5.41, 5.74) is 9.82. The van der Waals surface area contributed by atoms with Gasteiger partial charge in [0.2, 0.25) is 5.91 Å². The van der Waals surface area contributed by atoms with Crippen molar-refractivity contribution in [3.8, 4) is 6.07 Å². The van der Waals surface area contributed by atoms with Gasteiger partial charge in [-0.1, -0.05) is 18.2 Å². The summed E-state index contributed by atoms with van der Waals surface area (Å²) in [5, 5.41) is 9.14. The van der Waals surface area contributed by atoms with Gasteiger partial charge in [0, 0.05) is 17.8 Å². The Morgan fingerprint density at radius 3 is 2.86 bits per heavy atom. The van der Waals surface area contributed by atoms with Crippen LogP contribution in [-0.4, -0.2) is 12.5 Å². The Hall–Kier alpha value is -2.54. The Balaban J connectivity index is 1.98. The van der Waals surface area contributed by atoms with Gasteiger partial charge in [-0.15, -0.1) is 0 Å². The van der Waals surface area contributed by atoms with E-state index < -0.39 is 0 Å². The van der Waals surface area contributed by atoms with Crippen molar-refractivity contribution in [3.63, 3.8) is 0 Å². The van der Waals surface area contributed by atoms with E-state index in [9.17, 15) is 4.79 Å². The van der Waals surface area contributed by atoms with Gasteiger partial charge >= 0.3 is 0 Å². The zero-order chi connectivity index (χ0) is 14.8. The van der Waals surface area contributed by atoms with E-state index in [1.807, 2.05) is 6.07 Å². The van der Waals surface area contributed by atoms with Gasteiger partial charge in [0.05, 0.1) is 12.1 Å². The lowest BCUT2D eigenvalue weighted by atomic mass is 9.97. The van der Waals surface area contributed by atoms with Gasteiger partial charge < -0.3 is 10.6 Å². The smallest absolute Gasteiger partial charge is 0.227 e. The highest BCUT2D eigenvalue weighted by atomic mass is 16.2. The third-order valence-corrected chi connectivity index (χ3v) is 3.98. The summed E-state index contributed by atoms with van der Waals surface area (Å²) in [4.78, 5) is 14.1. The molecular formula is C17H17N3O. The average molecular weight is 279 g/mol. The number of nitrogens with zero attached hydrogens (tertiary/aromatic N) is 2. The minimum Gasteiger partial charge on any atom is -0.398 e. The normalized spacial score (nSPS) is 17.2. The highest BCUT2D eigenvalue weighted by Crippen LogP contribution is 2.32. The molecule has 0 aromatic heterocycles. The van der Waals surface area contributed by atoms with E-state index >= 15 is 0 Å². The molecule has 1 aromatic carbocycles. The summed E-state index contributed by atoms with van der Waals surface area (Å²) in [6, 6.07) is 5.67. The molecular weight excluding hydrogens is 262 g/mol. The average Bonchev–Trinajstić information content (AvgIpc) is 2.51. The van der Waals surface area contributed by atoms with Crippen LogP contribution in [0.2, 0.25) is 0 Å². The number of nitriles is 1. The summed E-state index contributed by atoms with van der Waals surface area (Å²) >= 11 is 0. The molecule has 0 spiro atoms. The van der Waals surface area contributed by atoms with Crippen molar-refractivity contribution in [1.82, 2.24) is 0 Å². The van der Waals surface area contributed by atoms with Crippen LogP contribution in [0.15, 0.2) is 35.9 Å². The topological polar surface area (TPSA) is 70.1 Å². The molecule has 0 saturated heterocycles. The van der Waals surface area contributed by atoms with Crippen molar-refractivity contribution in [2.75, 3.05) is 17.2 Å². The molecule has 4 heteroatoms. The second-order valence-electron chi connectivity index (χ2n) is 5.42. The highest BCUT2D eigenvalue weighted by Gasteiger charge is 2.25. The number of benzene rings is 1. The molecule has 4 nitrogen and oxygen atoms in total. The maximum Gasteiger partial charge on any atom is 0.227 e. The fourth-order valence-electron chi connectivity index (χ4n) is 2.85. The van der Waals surface area contributed by atoms with Crippen molar-refractivity contribution in [3.05, 3.63) is 47.1 Å². The monoisotopic (exact) mass is 279 g/mol. The van der Waals surface area contributed by atoms with Crippen LogP contribution in [0.1, 0.15) is 30.4 Å². The van der Waals surface area contributed by atoms with E-state index in [0.717, 1.165) is 29.7 Å². The predicted octanol–water partition coefficient (Wildman–Crippen LogP) is 2.70. The van der Waals surface area contributed by atoms with Gasteiger partial charge in [0.1, 0.15) is 6.07 Å². The third-order valence-electron chi connectivity index (χ3n) is 3.98. The van der Waals surface area contributed by atoms with Crippen molar-refractivity contribution in [1.29, 1.82) is 5.26 Å². The number of fused-ring (bicyclic) bond motifs is 1. The number of nitrogens with two attached hydrogens (primary N) is 1. The minimum absolute atomic E-state index is 0.107. The number of rotatable bonds is 2. The van der Waals surface area contributed by atoms with E-state index in [1.165, 1.54) is 0 Å². The summed E-state index contributed by atoms with van der Waals surface area (Å²) < 4.78 is 0. The molecule has 106 valence electrons. The molecule has 0 fully saturated rings. The zero-order valence-electron chi connectivity index (χ0n) is 11.8. The van der Waals surface area contributed by atoms with Crippen LogP contribution in [0.25, 0.3) is 0 Å². The van der Waals surface area contributed by atoms with Crippen molar-refractivity contribution in [2.45, 2.75) is 25.7 Å². The Labute approximate surface area is 124 Å². The molecule has 1 aliphatic heterocycles. The SMILES string of the molecule is N#Cc1cc2c(cc1N)CCC(=O)N2CC1=CCCC=C1. The zero-order valence-corrected chi connectivity index (χ0v) is 11.8. The van der Waals surface area contributed by atoms with E-state index in [1.54, 1.807) is 11.0 Å². The standard InChI is InChI=1S/C17H17N3O/c18-10-14-9-16-13(8-15(14)19)6-7-17(21)20(16)11-12-4-2-1-3-5-12/h2,4-5,8-9H,1,3,6-7,11,19H2. The Morgan fingerprint density at radius 1 is 1.29 bits per heavy atom. The van der Waals surface area contributed by atoms with Crippen LogP contribution in [0.5, 0.6) is 0 Å². The van der Waals surface area contributed by atoms with Crippen LogP contribution >= 0.6 is 0 Å². The lowest BCUT2D eigenvalue weighted by molar-refractivity contribution is -0.118. The number of hydrogen-bond donors (Lipinski definition) is 1. The molecule has 0 atom stereocenters. The first-order valence-electron chi connectivity index (χ1n) is 7.17. The number of carbonyl (C=O) groups excluding carboxylic acids is 1.